The number of aromatic nitrogens is 1. The molecule has 19 heavy (non-hydrogen) atoms. The highest BCUT2D eigenvalue weighted by molar-refractivity contribution is 7.80. The van der Waals surface area contributed by atoms with Crippen molar-refractivity contribution in [3.63, 3.8) is 0 Å². The Labute approximate surface area is 123 Å². The summed E-state index contributed by atoms with van der Waals surface area (Å²) in [7, 11) is 1.99. The first-order chi connectivity index (χ1) is 9.20. The first-order valence-corrected chi connectivity index (χ1v) is 7.42. The van der Waals surface area contributed by atoms with Crippen molar-refractivity contribution in [1.29, 1.82) is 0 Å². The van der Waals surface area contributed by atoms with Crippen LogP contribution in [0, 0.1) is 0 Å². The van der Waals surface area contributed by atoms with Crippen LogP contribution in [0.4, 0.5) is 5.13 Å². The molecule has 0 saturated heterocycles. The molecule has 0 aliphatic carbocycles. The first-order valence-electron chi connectivity index (χ1n) is 6.19. The predicted molar refractivity (Wildman–Crippen MR) is 87.9 cm³/mol. The highest BCUT2D eigenvalue weighted by Gasteiger charge is 2.07. The smallest absolute Gasteiger partial charge is 0.190 e. The van der Waals surface area contributed by atoms with Crippen LogP contribution in [0.3, 0.4) is 0 Å². The Hall–Kier alpha value is -1.46. The fraction of sp³-hybridized carbons (Fsp3) is 0.286. The van der Waals surface area contributed by atoms with Crippen molar-refractivity contribution in [1.82, 2.24) is 9.88 Å². The Morgan fingerprint density at radius 3 is 3.00 bits per heavy atom. The van der Waals surface area contributed by atoms with E-state index in [1.165, 1.54) is 4.70 Å². The van der Waals surface area contributed by atoms with Crippen molar-refractivity contribution < 1.29 is 0 Å². The molecule has 0 fully saturated rings. The highest BCUT2D eigenvalue weighted by atomic mass is 32.1. The van der Waals surface area contributed by atoms with E-state index in [0.717, 1.165) is 23.6 Å². The van der Waals surface area contributed by atoms with Crippen LogP contribution in [-0.4, -0.2) is 28.6 Å². The van der Waals surface area contributed by atoms with Gasteiger partial charge in [0, 0.05) is 13.6 Å². The molecule has 0 bridgehead atoms. The fourth-order valence-electron chi connectivity index (χ4n) is 1.65. The Balaban J connectivity index is 1.98. The molecule has 0 amide bonds. The van der Waals surface area contributed by atoms with E-state index in [1.54, 1.807) is 11.3 Å². The quantitative estimate of drug-likeness (QED) is 0.683. The predicted octanol–water partition coefficient (Wildman–Crippen LogP) is 3.89. The van der Waals surface area contributed by atoms with Gasteiger partial charge >= 0.3 is 0 Å². The third-order valence-electron chi connectivity index (χ3n) is 2.72. The minimum Gasteiger partial charge on any atom is -0.352 e. The van der Waals surface area contributed by atoms with Gasteiger partial charge < -0.3 is 10.2 Å². The standard InChI is InChI=1S/C14H17N3S2/c1-3-4-7-10-17(2)14(18)16-13-15-11-8-5-6-9-12(11)19-13/h3-6,8-9H,7,10H2,1-2H3,(H,15,16,18). The van der Waals surface area contributed by atoms with Crippen molar-refractivity contribution in [3.8, 4) is 0 Å². The lowest BCUT2D eigenvalue weighted by atomic mass is 10.3. The maximum Gasteiger partial charge on any atom is 0.190 e. The molecule has 3 nitrogen and oxygen atoms in total. The number of nitrogens with zero attached hydrogens (tertiary/aromatic N) is 2. The largest absolute Gasteiger partial charge is 0.352 e. The monoisotopic (exact) mass is 291 g/mol. The third kappa shape index (κ3) is 3.75. The van der Waals surface area contributed by atoms with Crippen LogP contribution in [0.1, 0.15) is 13.3 Å². The van der Waals surface area contributed by atoms with Gasteiger partial charge in [-0.25, -0.2) is 4.98 Å². The average Bonchev–Trinajstić information content (AvgIpc) is 2.80. The Morgan fingerprint density at radius 2 is 2.26 bits per heavy atom. The van der Waals surface area contributed by atoms with Gasteiger partial charge in [-0.05, 0) is 37.7 Å². The van der Waals surface area contributed by atoms with E-state index in [-0.39, 0.29) is 0 Å². The van der Waals surface area contributed by atoms with E-state index < -0.39 is 0 Å². The Morgan fingerprint density at radius 1 is 1.47 bits per heavy atom. The van der Waals surface area contributed by atoms with Crippen molar-refractivity contribution in [3.05, 3.63) is 36.4 Å². The molecular weight excluding hydrogens is 274 g/mol. The molecule has 0 saturated carbocycles. The van der Waals surface area contributed by atoms with Gasteiger partial charge in [0.05, 0.1) is 10.2 Å². The zero-order valence-electron chi connectivity index (χ0n) is 11.1. The summed E-state index contributed by atoms with van der Waals surface area (Å²) in [5.74, 6) is 0. The van der Waals surface area contributed by atoms with Gasteiger partial charge in [0.25, 0.3) is 0 Å². The van der Waals surface area contributed by atoms with Gasteiger partial charge in [-0.1, -0.05) is 35.6 Å². The SMILES string of the molecule is CC=CCCN(C)C(=S)Nc1nc2ccccc2s1. The summed E-state index contributed by atoms with van der Waals surface area (Å²) < 4.78 is 1.17. The molecule has 0 unspecified atom stereocenters. The maximum absolute atomic E-state index is 5.37. The molecule has 0 aliphatic rings. The summed E-state index contributed by atoms with van der Waals surface area (Å²) in [6.45, 7) is 2.93. The summed E-state index contributed by atoms with van der Waals surface area (Å²) in [5, 5.41) is 4.76. The average molecular weight is 291 g/mol. The molecule has 1 heterocycles. The van der Waals surface area contributed by atoms with Gasteiger partial charge in [-0.3, -0.25) is 0 Å². The fourth-order valence-corrected chi connectivity index (χ4v) is 2.77. The van der Waals surface area contributed by atoms with Crippen molar-refractivity contribution in [2.24, 2.45) is 0 Å². The highest BCUT2D eigenvalue weighted by Crippen LogP contribution is 2.25. The summed E-state index contributed by atoms with van der Waals surface area (Å²) in [6, 6.07) is 8.09. The Bertz CT molecular complexity index is 556. The van der Waals surface area contributed by atoms with E-state index in [2.05, 4.69) is 28.5 Å². The number of allylic oxidation sites excluding steroid dienone is 1. The van der Waals surface area contributed by atoms with Crippen LogP contribution in [0.5, 0.6) is 0 Å². The Kier molecular flexibility index (Phi) is 4.87. The molecule has 5 heteroatoms. The van der Waals surface area contributed by atoms with Crippen molar-refractivity contribution in [2.45, 2.75) is 13.3 Å². The van der Waals surface area contributed by atoms with E-state index in [9.17, 15) is 0 Å². The number of hydrogen-bond acceptors (Lipinski definition) is 3. The lowest BCUT2D eigenvalue weighted by Gasteiger charge is -2.18. The number of rotatable bonds is 4. The van der Waals surface area contributed by atoms with Gasteiger partial charge in [-0.2, -0.15) is 0 Å². The summed E-state index contributed by atoms with van der Waals surface area (Å²) in [5.41, 5.74) is 1.01. The van der Waals surface area contributed by atoms with Gasteiger partial charge in [0.1, 0.15) is 0 Å². The lowest BCUT2D eigenvalue weighted by Crippen LogP contribution is -2.31. The van der Waals surface area contributed by atoms with E-state index in [4.69, 9.17) is 12.2 Å². The number of fused-ring (bicyclic) bond motifs is 1. The summed E-state index contributed by atoms with van der Waals surface area (Å²) in [6.07, 6.45) is 5.18. The second kappa shape index (κ2) is 6.63. The summed E-state index contributed by atoms with van der Waals surface area (Å²) in [4.78, 5) is 6.54. The molecule has 0 aliphatic heterocycles. The molecule has 0 radical (unpaired) electrons. The van der Waals surface area contributed by atoms with E-state index in [0.29, 0.717) is 5.11 Å². The zero-order valence-corrected chi connectivity index (χ0v) is 12.7. The molecule has 0 spiro atoms. The number of nitrogens with one attached hydrogen (secondary N) is 1. The van der Waals surface area contributed by atoms with Crippen LogP contribution in [0.25, 0.3) is 10.2 Å². The minimum atomic E-state index is 0.712. The number of anilines is 1. The molecule has 2 aromatic rings. The molecule has 2 rings (SSSR count). The second-order valence-corrected chi connectivity index (χ2v) is 5.61. The van der Waals surface area contributed by atoms with E-state index >= 15 is 0 Å². The van der Waals surface area contributed by atoms with E-state index in [1.807, 2.05) is 37.1 Å². The number of hydrogen-bond donors (Lipinski definition) is 1. The molecular formula is C14H17N3S2. The topological polar surface area (TPSA) is 28.2 Å². The van der Waals surface area contributed by atoms with Crippen LogP contribution in [0.15, 0.2) is 36.4 Å². The van der Waals surface area contributed by atoms with Crippen molar-refractivity contribution >= 4 is 44.0 Å². The lowest BCUT2D eigenvalue weighted by molar-refractivity contribution is 0.521. The maximum atomic E-state index is 5.37. The number of thiazole rings is 1. The van der Waals surface area contributed by atoms with Crippen molar-refractivity contribution in [2.75, 3.05) is 18.9 Å². The third-order valence-corrected chi connectivity index (χ3v) is 4.09. The number of thiocarbonyl (C=S) groups is 1. The number of para-hydroxylation sites is 1. The molecule has 100 valence electrons. The number of benzene rings is 1. The van der Waals surface area contributed by atoms with Crippen LogP contribution < -0.4 is 5.32 Å². The normalized spacial score (nSPS) is 11.1. The molecule has 0 atom stereocenters. The van der Waals surface area contributed by atoms with Crippen LogP contribution in [0.2, 0.25) is 0 Å². The molecule has 1 aromatic heterocycles. The molecule has 1 N–H and O–H groups in total. The second-order valence-electron chi connectivity index (χ2n) is 4.20. The first kappa shape index (κ1) is 14.0. The molecule has 1 aromatic carbocycles. The van der Waals surface area contributed by atoms with Crippen LogP contribution in [-0.2, 0) is 0 Å². The van der Waals surface area contributed by atoms with Gasteiger partial charge in [-0.15, -0.1) is 0 Å². The van der Waals surface area contributed by atoms with Gasteiger partial charge in [0.15, 0.2) is 10.2 Å². The van der Waals surface area contributed by atoms with Gasteiger partial charge in [0.2, 0.25) is 0 Å². The summed E-state index contributed by atoms with van der Waals surface area (Å²) >= 11 is 6.99. The zero-order chi connectivity index (χ0) is 13.7. The van der Waals surface area contributed by atoms with Crippen LogP contribution >= 0.6 is 23.6 Å². The minimum absolute atomic E-state index is 0.712.